The van der Waals surface area contributed by atoms with Crippen molar-refractivity contribution in [3.63, 3.8) is 0 Å². The largest absolute Gasteiger partial charge is 0.391 e. The van der Waals surface area contributed by atoms with Crippen molar-refractivity contribution in [3.05, 3.63) is 0 Å². The van der Waals surface area contributed by atoms with Crippen molar-refractivity contribution in [2.24, 2.45) is 0 Å². The zero-order chi connectivity index (χ0) is 15.8. The lowest BCUT2D eigenvalue weighted by molar-refractivity contribution is -0.891. The molecule has 0 aliphatic carbocycles. The smallest absolute Gasteiger partial charge is 0.102 e. The van der Waals surface area contributed by atoms with E-state index >= 15 is 0 Å². The van der Waals surface area contributed by atoms with Gasteiger partial charge in [-0.2, -0.15) is 0 Å². The molecule has 0 aromatic heterocycles. The Hall–Kier alpha value is -0.120. The molecule has 0 fully saturated rings. The number of aliphatic hydroxyl groups excluding tert-OH is 1. The second-order valence-corrected chi connectivity index (χ2v) is 6.90. The topological polar surface area (TPSA) is 29.5 Å². The standard InChI is InChI=1S/C18H40NO2/c1-4-5-6-7-8-9-10-11-12-13-17-21-18-15-19(2,3)14-16-20/h20H,4-18H2,1-3H3/q+1. The Bertz CT molecular complexity index is 207. The summed E-state index contributed by atoms with van der Waals surface area (Å²) in [6, 6.07) is 0. The maximum absolute atomic E-state index is 8.95. The van der Waals surface area contributed by atoms with Crippen LogP contribution in [0.25, 0.3) is 0 Å². The number of rotatable bonds is 16. The summed E-state index contributed by atoms with van der Waals surface area (Å²) in [6.45, 7) is 6.03. The van der Waals surface area contributed by atoms with Crippen molar-refractivity contribution < 1.29 is 14.3 Å². The molecule has 128 valence electrons. The molecular weight excluding hydrogens is 262 g/mol. The molecule has 0 radical (unpaired) electrons. The molecule has 0 aliphatic heterocycles. The molecule has 0 saturated heterocycles. The predicted octanol–water partition coefficient (Wildman–Crippen LogP) is 3.99. The van der Waals surface area contributed by atoms with Gasteiger partial charge >= 0.3 is 0 Å². The third-order valence-electron chi connectivity index (χ3n) is 4.19. The Morgan fingerprint density at radius 3 is 1.76 bits per heavy atom. The molecule has 0 spiro atoms. The van der Waals surface area contributed by atoms with Gasteiger partial charge in [-0.1, -0.05) is 64.7 Å². The Morgan fingerprint density at radius 1 is 0.714 bits per heavy atom. The second kappa shape index (κ2) is 14.8. The normalized spacial score (nSPS) is 12.0. The minimum Gasteiger partial charge on any atom is -0.391 e. The van der Waals surface area contributed by atoms with Crippen LogP contribution >= 0.6 is 0 Å². The maximum atomic E-state index is 8.95. The molecule has 3 nitrogen and oxygen atoms in total. The van der Waals surface area contributed by atoms with Gasteiger partial charge in [0.2, 0.25) is 0 Å². The first kappa shape index (κ1) is 20.9. The Labute approximate surface area is 133 Å². The van der Waals surface area contributed by atoms with Gasteiger partial charge in [0.25, 0.3) is 0 Å². The Balaban J connectivity index is 3.12. The summed E-state index contributed by atoms with van der Waals surface area (Å²) in [4.78, 5) is 0. The molecule has 0 atom stereocenters. The van der Waals surface area contributed by atoms with Gasteiger partial charge in [-0.05, 0) is 6.42 Å². The van der Waals surface area contributed by atoms with E-state index in [0.717, 1.165) is 30.8 Å². The molecule has 0 unspecified atom stereocenters. The number of quaternary nitrogens is 1. The number of nitrogens with zero attached hydrogens (tertiary/aromatic N) is 1. The average Bonchev–Trinajstić information content (AvgIpc) is 2.44. The highest BCUT2D eigenvalue weighted by molar-refractivity contribution is 4.47. The maximum Gasteiger partial charge on any atom is 0.102 e. The molecule has 0 heterocycles. The third kappa shape index (κ3) is 16.1. The first-order chi connectivity index (χ1) is 10.1. The molecule has 0 rings (SSSR count). The van der Waals surface area contributed by atoms with Crippen molar-refractivity contribution in [2.45, 2.75) is 71.1 Å². The van der Waals surface area contributed by atoms with E-state index in [9.17, 15) is 0 Å². The summed E-state index contributed by atoms with van der Waals surface area (Å²) in [5, 5.41) is 8.95. The third-order valence-corrected chi connectivity index (χ3v) is 4.19. The fourth-order valence-electron chi connectivity index (χ4n) is 2.49. The van der Waals surface area contributed by atoms with E-state index in [2.05, 4.69) is 21.0 Å². The van der Waals surface area contributed by atoms with Gasteiger partial charge in [0.05, 0.1) is 27.3 Å². The minimum absolute atomic E-state index is 0.255. The van der Waals surface area contributed by atoms with Crippen molar-refractivity contribution in [1.82, 2.24) is 0 Å². The summed E-state index contributed by atoms with van der Waals surface area (Å²) in [7, 11) is 4.28. The van der Waals surface area contributed by atoms with Crippen molar-refractivity contribution in [3.8, 4) is 0 Å². The van der Waals surface area contributed by atoms with Crippen LogP contribution in [0.1, 0.15) is 71.1 Å². The van der Waals surface area contributed by atoms with E-state index < -0.39 is 0 Å². The van der Waals surface area contributed by atoms with Gasteiger partial charge in [-0.25, -0.2) is 0 Å². The van der Waals surface area contributed by atoms with E-state index in [-0.39, 0.29) is 6.61 Å². The quantitative estimate of drug-likeness (QED) is 0.345. The molecule has 3 heteroatoms. The highest BCUT2D eigenvalue weighted by atomic mass is 16.5. The van der Waals surface area contributed by atoms with Crippen LogP contribution in [0.5, 0.6) is 0 Å². The zero-order valence-electron chi connectivity index (χ0n) is 14.9. The van der Waals surface area contributed by atoms with Gasteiger partial charge in [-0.15, -0.1) is 0 Å². The van der Waals surface area contributed by atoms with Gasteiger partial charge in [0.1, 0.15) is 13.1 Å². The number of hydrogen-bond acceptors (Lipinski definition) is 2. The van der Waals surface area contributed by atoms with Crippen LogP contribution in [-0.2, 0) is 4.74 Å². The number of hydrogen-bond donors (Lipinski definition) is 1. The van der Waals surface area contributed by atoms with Gasteiger partial charge < -0.3 is 14.3 Å². The molecule has 0 saturated carbocycles. The van der Waals surface area contributed by atoms with Gasteiger partial charge in [0, 0.05) is 6.61 Å². The highest BCUT2D eigenvalue weighted by Crippen LogP contribution is 2.10. The zero-order valence-corrected chi connectivity index (χ0v) is 14.9. The lowest BCUT2D eigenvalue weighted by Gasteiger charge is -2.28. The number of unbranched alkanes of at least 4 members (excludes halogenated alkanes) is 9. The van der Waals surface area contributed by atoms with E-state index in [1.807, 2.05) is 0 Å². The molecule has 0 amide bonds. The second-order valence-electron chi connectivity index (χ2n) is 6.90. The Kier molecular flexibility index (Phi) is 14.7. The monoisotopic (exact) mass is 302 g/mol. The van der Waals surface area contributed by atoms with Crippen LogP contribution in [-0.4, -0.2) is 56.6 Å². The fraction of sp³-hybridized carbons (Fsp3) is 1.00. The first-order valence-corrected chi connectivity index (χ1v) is 9.13. The molecule has 0 bridgehead atoms. The van der Waals surface area contributed by atoms with Crippen molar-refractivity contribution >= 4 is 0 Å². The molecule has 0 aliphatic rings. The van der Waals surface area contributed by atoms with E-state index in [0.29, 0.717) is 0 Å². The summed E-state index contributed by atoms with van der Waals surface area (Å²) < 4.78 is 6.53. The first-order valence-electron chi connectivity index (χ1n) is 9.13. The minimum atomic E-state index is 0.255. The highest BCUT2D eigenvalue weighted by Gasteiger charge is 2.12. The average molecular weight is 303 g/mol. The van der Waals surface area contributed by atoms with Crippen LogP contribution in [0, 0.1) is 0 Å². The molecule has 0 aromatic rings. The van der Waals surface area contributed by atoms with Crippen LogP contribution in [0.3, 0.4) is 0 Å². The summed E-state index contributed by atoms with van der Waals surface area (Å²) in [6.07, 6.45) is 13.7. The van der Waals surface area contributed by atoms with Crippen molar-refractivity contribution in [1.29, 1.82) is 0 Å². The van der Waals surface area contributed by atoms with Crippen LogP contribution in [0.2, 0.25) is 0 Å². The lowest BCUT2D eigenvalue weighted by Crippen LogP contribution is -2.44. The fourth-order valence-corrected chi connectivity index (χ4v) is 2.49. The predicted molar refractivity (Wildman–Crippen MR) is 91.6 cm³/mol. The van der Waals surface area contributed by atoms with E-state index in [1.165, 1.54) is 64.2 Å². The SMILES string of the molecule is CCCCCCCCCCCCOCC[N+](C)(C)CCO. The Morgan fingerprint density at radius 2 is 1.24 bits per heavy atom. The lowest BCUT2D eigenvalue weighted by atomic mass is 10.1. The van der Waals surface area contributed by atoms with Crippen LogP contribution < -0.4 is 0 Å². The number of likely N-dealkylation sites (N-methyl/N-ethyl adjacent to an activating group) is 1. The molecule has 21 heavy (non-hydrogen) atoms. The molecular formula is C18H40NO2+. The summed E-state index contributed by atoms with van der Waals surface area (Å²) in [5.41, 5.74) is 0. The summed E-state index contributed by atoms with van der Waals surface area (Å²) in [5.74, 6) is 0. The van der Waals surface area contributed by atoms with E-state index in [4.69, 9.17) is 9.84 Å². The molecule has 1 N–H and O–H groups in total. The number of aliphatic hydroxyl groups is 1. The van der Waals surface area contributed by atoms with Crippen LogP contribution in [0.15, 0.2) is 0 Å². The van der Waals surface area contributed by atoms with Gasteiger partial charge in [0.15, 0.2) is 0 Å². The van der Waals surface area contributed by atoms with Crippen LogP contribution in [0.4, 0.5) is 0 Å². The summed E-state index contributed by atoms with van der Waals surface area (Å²) >= 11 is 0. The number of ether oxygens (including phenoxy) is 1. The van der Waals surface area contributed by atoms with Crippen molar-refractivity contribution in [2.75, 3.05) is 47.0 Å². The van der Waals surface area contributed by atoms with Gasteiger partial charge in [-0.3, -0.25) is 0 Å². The molecule has 0 aromatic carbocycles. The van der Waals surface area contributed by atoms with E-state index in [1.54, 1.807) is 0 Å².